The first-order valence-electron chi connectivity index (χ1n) is 5.55. The Kier molecular flexibility index (Phi) is 6.43. The van der Waals surface area contributed by atoms with E-state index in [2.05, 4.69) is 5.32 Å². The number of amides is 1. The molecular formula is C12H16Cl2N2O2. The molecule has 0 fully saturated rings. The summed E-state index contributed by atoms with van der Waals surface area (Å²) in [6.07, 6.45) is 1.31. The van der Waals surface area contributed by atoms with Crippen LogP contribution in [0.3, 0.4) is 0 Å². The molecule has 6 heteroatoms. The largest absolute Gasteiger partial charge is 0.385 e. The van der Waals surface area contributed by atoms with Gasteiger partial charge in [0, 0.05) is 19.4 Å². The first-order chi connectivity index (χ1) is 8.54. The summed E-state index contributed by atoms with van der Waals surface area (Å²) in [6, 6.07) is 4.32. The Hall–Kier alpha value is -0.810. The highest BCUT2D eigenvalue weighted by molar-refractivity contribution is 6.42. The molecule has 0 radical (unpaired) electrons. The lowest BCUT2D eigenvalue weighted by molar-refractivity contribution is -0.117. The van der Waals surface area contributed by atoms with Gasteiger partial charge in [-0.25, -0.2) is 0 Å². The van der Waals surface area contributed by atoms with Crippen LogP contribution in [-0.2, 0) is 9.53 Å². The lowest BCUT2D eigenvalue weighted by Gasteiger charge is -2.12. The Balaban J connectivity index is 2.50. The van der Waals surface area contributed by atoms with Crippen molar-refractivity contribution in [3.8, 4) is 0 Å². The van der Waals surface area contributed by atoms with E-state index in [1.165, 1.54) is 0 Å². The monoisotopic (exact) mass is 290 g/mol. The number of hydrogen-bond donors (Lipinski definition) is 2. The minimum absolute atomic E-state index is 0.246. The molecule has 1 aromatic carbocycles. The van der Waals surface area contributed by atoms with E-state index in [9.17, 15) is 4.79 Å². The van der Waals surface area contributed by atoms with Gasteiger partial charge in [-0.15, -0.1) is 0 Å². The SMILES string of the molecule is COCCCC(N)C(=O)Nc1ccc(Cl)c(Cl)c1. The molecule has 0 saturated carbocycles. The van der Waals surface area contributed by atoms with Crippen molar-refractivity contribution in [3.05, 3.63) is 28.2 Å². The van der Waals surface area contributed by atoms with Gasteiger partial charge in [0.25, 0.3) is 0 Å². The van der Waals surface area contributed by atoms with E-state index in [1.54, 1.807) is 25.3 Å². The predicted molar refractivity (Wildman–Crippen MR) is 74.2 cm³/mol. The Labute approximate surface area is 116 Å². The average molecular weight is 291 g/mol. The predicted octanol–water partition coefficient (Wildman–Crippen LogP) is 2.69. The van der Waals surface area contributed by atoms with Crippen molar-refractivity contribution >= 4 is 34.8 Å². The Bertz CT molecular complexity index is 413. The molecule has 0 spiro atoms. The van der Waals surface area contributed by atoms with E-state index in [0.29, 0.717) is 28.8 Å². The molecule has 0 saturated heterocycles. The molecule has 0 aromatic heterocycles. The topological polar surface area (TPSA) is 64.3 Å². The number of nitrogens with two attached hydrogens (primary N) is 1. The number of methoxy groups -OCH3 is 1. The van der Waals surface area contributed by atoms with Gasteiger partial charge in [-0.05, 0) is 31.0 Å². The molecule has 1 rings (SSSR count). The van der Waals surface area contributed by atoms with Crippen molar-refractivity contribution in [2.24, 2.45) is 5.73 Å². The molecule has 0 aliphatic rings. The molecule has 18 heavy (non-hydrogen) atoms. The highest BCUT2D eigenvalue weighted by atomic mass is 35.5. The number of halogens is 2. The fraction of sp³-hybridized carbons (Fsp3) is 0.417. The van der Waals surface area contributed by atoms with E-state index in [0.717, 1.165) is 6.42 Å². The third kappa shape index (κ3) is 4.82. The van der Waals surface area contributed by atoms with Crippen LogP contribution in [0.25, 0.3) is 0 Å². The van der Waals surface area contributed by atoms with Gasteiger partial charge in [0.15, 0.2) is 0 Å². The highest BCUT2D eigenvalue weighted by Gasteiger charge is 2.13. The van der Waals surface area contributed by atoms with Gasteiger partial charge in [0.1, 0.15) is 0 Å². The molecule has 0 aliphatic carbocycles. The van der Waals surface area contributed by atoms with Gasteiger partial charge < -0.3 is 15.8 Å². The van der Waals surface area contributed by atoms with Gasteiger partial charge >= 0.3 is 0 Å². The number of carbonyl (C=O) groups is 1. The normalized spacial score (nSPS) is 12.2. The van der Waals surface area contributed by atoms with Crippen LogP contribution in [0.5, 0.6) is 0 Å². The quantitative estimate of drug-likeness (QED) is 0.792. The van der Waals surface area contributed by atoms with Crippen LogP contribution in [-0.4, -0.2) is 25.7 Å². The third-order valence-electron chi connectivity index (χ3n) is 2.39. The van der Waals surface area contributed by atoms with Crippen molar-refractivity contribution in [2.45, 2.75) is 18.9 Å². The standard InChI is InChI=1S/C12H16Cl2N2O2/c1-18-6-2-3-11(15)12(17)16-8-4-5-9(13)10(14)7-8/h4-5,7,11H,2-3,6,15H2,1H3,(H,16,17). The Morgan fingerprint density at radius 3 is 2.78 bits per heavy atom. The third-order valence-corrected chi connectivity index (χ3v) is 3.13. The number of carbonyl (C=O) groups excluding carboxylic acids is 1. The summed E-state index contributed by atoms with van der Waals surface area (Å²) < 4.78 is 4.90. The van der Waals surface area contributed by atoms with E-state index >= 15 is 0 Å². The molecule has 1 amide bonds. The lowest BCUT2D eigenvalue weighted by atomic mass is 10.1. The Morgan fingerprint density at radius 2 is 2.17 bits per heavy atom. The van der Waals surface area contributed by atoms with Crippen molar-refractivity contribution in [2.75, 3.05) is 19.0 Å². The molecule has 1 unspecified atom stereocenters. The fourth-order valence-electron chi connectivity index (χ4n) is 1.39. The second-order valence-corrected chi connectivity index (χ2v) is 4.67. The maximum absolute atomic E-state index is 11.7. The van der Waals surface area contributed by atoms with Crippen molar-refractivity contribution in [1.29, 1.82) is 0 Å². The van der Waals surface area contributed by atoms with Crippen LogP contribution >= 0.6 is 23.2 Å². The zero-order chi connectivity index (χ0) is 13.5. The summed E-state index contributed by atoms with van der Waals surface area (Å²) in [7, 11) is 1.61. The Morgan fingerprint density at radius 1 is 1.44 bits per heavy atom. The van der Waals surface area contributed by atoms with Gasteiger partial charge in [0.05, 0.1) is 16.1 Å². The highest BCUT2D eigenvalue weighted by Crippen LogP contribution is 2.25. The van der Waals surface area contributed by atoms with Crippen LogP contribution in [0.4, 0.5) is 5.69 Å². The molecule has 100 valence electrons. The van der Waals surface area contributed by atoms with E-state index in [1.807, 2.05) is 0 Å². The first-order valence-corrected chi connectivity index (χ1v) is 6.30. The molecular weight excluding hydrogens is 275 g/mol. The summed E-state index contributed by atoms with van der Waals surface area (Å²) in [5.41, 5.74) is 6.33. The van der Waals surface area contributed by atoms with Crippen molar-refractivity contribution in [3.63, 3.8) is 0 Å². The summed E-state index contributed by atoms with van der Waals surface area (Å²) in [6.45, 7) is 0.591. The smallest absolute Gasteiger partial charge is 0.241 e. The molecule has 0 aliphatic heterocycles. The number of nitrogens with one attached hydrogen (secondary N) is 1. The van der Waals surface area contributed by atoms with Gasteiger partial charge in [-0.2, -0.15) is 0 Å². The number of ether oxygens (including phenoxy) is 1. The van der Waals surface area contributed by atoms with Crippen LogP contribution in [0.15, 0.2) is 18.2 Å². The van der Waals surface area contributed by atoms with Crippen LogP contribution in [0.2, 0.25) is 10.0 Å². The van der Waals surface area contributed by atoms with Gasteiger partial charge in [0.2, 0.25) is 5.91 Å². The van der Waals surface area contributed by atoms with E-state index in [4.69, 9.17) is 33.7 Å². The molecule has 0 bridgehead atoms. The summed E-state index contributed by atoms with van der Waals surface area (Å²) in [4.78, 5) is 11.7. The van der Waals surface area contributed by atoms with Crippen molar-refractivity contribution < 1.29 is 9.53 Å². The van der Waals surface area contributed by atoms with Crippen LogP contribution in [0, 0.1) is 0 Å². The lowest BCUT2D eigenvalue weighted by Crippen LogP contribution is -2.35. The number of hydrogen-bond acceptors (Lipinski definition) is 3. The zero-order valence-electron chi connectivity index (χ0n) is 10.1. The second kappa shape index (κ2) is 7.59. The summed E-state index contributed by atoms with van der Waals surface area (Å²) >= 11 is 11.6. The summed E-state index contributed by atoms with van der Waals surface area (Å²) in [5, 5.41) is 3.52. The average Bonchev–Trinajstić information content (AvgIpc) is 2.34. The van der Waals surface area contributed by atoms with E-state index in [-0.39, 0.29) is 5.91 Å². The van der Waals surface area contributed by atoms with Gasteiger partial charge in [-0.3, -0.25) is 4.79 Å². The maximum atomic E-state index is 11.7. The molecule has 3 N–H and O–H groups in total. The minimum atomic E-state index is -0.561. The molecule has 4 nitrogen and oxygen atoms in total. The molecule has 1 aromatic rings. The van der Waals surface area contributed by atoms with Crippen LogP contribution < -0.4 is 11.1 Å². The molecule has 0 heterocycles. The second-order valence-electron chi connectivity index (χ2n) is 3.86. The fourth-order valence-corrected chi connectivity index (χ4v) is 1.69. The van der Waals surface area contributed by atoms with E-state index < -0.39 is 6.04 Å². The first kappa shape index (κ1) is 15.2. The van der Waals surface area contributed by atoms with Crippen LogP contribution in [0.1, 0.15) is 12.8 Å². The van der Waals surface area contributed by atoms with Gasteiger partial charge in [-0.1, -0.05) is 23.2 Å². The molecule has 1 atom stereocenters. The number of anilines is 1. The minimum Gasteiger partial charge on any atom is -0.385 e. The number of rotatable bonds is 6. The zero-order valence-corrected chi connectivity index (χ0v) is 11.6. The number of benzene rings is 1. The summed E-state index contributed by atoms with van der Waals surface area (Å²) in [5.74, 6) is -0.246. The maximum Gasteiger partial charge on any atom is 0.241 e. The van der Waals surface area contributed by atoms with Crippen molar-refractivity contribution in [1.82, 2.24) is 0 Å².